The van der Waals surface area contributed by atoms with Gasteiger partial charge in [-0.25, -0.2) is 0 Å². The molecule has 0 atom stereocenters. The van der Waals surface area contributed by atoms with Crippen molar-refractivity contribution in [2.45, 2.75) is 103 Å². The molecule has 0 bridgehead atoms. The predicted octanol–water partition coefficient (Wildman–Crippen LogP) is 9.55. The van der Waals surface area contributed by atoms with Crippen molar-refractivity contribution in [1.82, 2.24) is 0 Å². The Labute approximate surface area is 246 Å². The first-order valence-corrected chi connectivity index (χ1v) is 11.2. The maximum Gasteiger partial charge on any atom is 0.0632 e. The molecule has 0 fully saturated rings. The fraction of sp³-hybridized carbons (Fsp3) is 0.471. The van der Waals surface area contributed by atoms with Crippen molar-refractivity contribution in [3.05, 3.63) is 76.7 Å². The second kappa shape index (κ2) is 8.26. The fourth-order valence-corrected chi connectivity index (χ4v) is 3.74. The highest BCUT2D eigenvalue weighted by molar-refractivity contribution is 5.90. The van der Waals surface area contributed by atoms with Gasteiger partial charge in [-0.1, -0.05) is 111 Å². The van der Waals surface area contributed by atoms with E-state index in [0.29, 0.717) is 0 Å². The van der Waals surface area contributed by atoms with Crippen LogP contribution in [0, 0.1) is 0 Å². The van der Waals surface area contributed by atoms with Crippen LogP contribution in [0.3, 0.4) is 0 Å². The van der Waals surface area contributed by atoms with E-state index in [0.717, 1.165) is 0 Å². The average Bonchev–Trinajstić information content (AvgIpc) is 2.97. The summed E-state index contributed by atoms with van der Waals surface area (Å²) >= 11 is 0. The third kappa shape index (κ3) is 4.80. The number of nitrogens with two attached hydrogens (primary N) is 1. The quantitative estimate of drug-likeness (QED) is 0.355. The zero-order valence-electron chi connectivity index (χ0n) is 43.7. The van der Waals surface area contributed by atoms with Gasteiger partial charge in [0.05, 0.1) is 9.60 Å². The number of nitrogen functional groups attached to an aromatic ring is 1. The van der Waals surface area contributed by atoms with E-state index in [1.807, 2.05) is 0 Å². The van der Waals surface area contributed by atoms with E-state index in [-0.39, 0.29) is 22.3 Å². The summed E-state index contributed by atoms with van der Waals surface area (Å²) in [4.78, 5) is 0. The van der Waals surface area contributed by atoms with E-state index in [1.54, 1.807) is 41.5 Å². The molecule has 3 aromatic carbocycles. The lowest BCUT2D eigenvalue weighted by molar-refractivity contribution is 0.332. The van der Waals surface area contributed by atoms with Crippen molar-refractivity contribution in [3.8, 4) is 22.3 Å². The molecule has 0 saturated heterocycles. The smallest absolute Gasteiger partial charge is 0.0632 e. The molecule has 0 heterocycles. The predicted molar refractivity (Wildman–Crippen MR) is 154 cm³/mol. The van der Waals surface area contributed by atoms with E-state index in [2.05, 4.69) is 0 Å². The number of hydrogen-bond donors (Lipinski definition) is 1. The van der Waals surface area contributed by atoms with Crippen molar-refractivity contribution < 1.29 is 31.5 Å². The minimum Gasteiger partial charge on any atom is -0.398 e. The molecular formula is C34H45N. The van der Waals surface area contributed by atoms with Gasteiger partial charge in [0.15, 0.2) is 0 Å². The Balaban J connectivity index is 2.51. The van der Waals surface area contributed by atoms with Crippen LogP contribution in [0.1, 0.15) is 135 Å². The number of hydrogen-bond acceptors (Lipinski definition) is 1. The molecule has 1 heteroatoms. The number of benzene rings is 3. The largest absolute Gasteiger partial charge is 0.398 e. The SMILES string of the molecule is [2H]c1c([2H])c(C(C)(C)C)c([2H])c([2H])c1-c1cc(C(C)(C)C)cc(-c2c([2H])c([2H])c3c(c2[2H])C(C([2H])([2H])[2H])(C([2H])([2H])[2H])C([2H])([2H])C([2H])([2H])C3(C([2H])([2H])[2H])C([2H])([2H])[2H])c1N. The second-order valence-electron chi connectivity index (χ2n) is 11.0. The highest BCUT2D eigenvalue weighted by atomic mass is 14.6. The van der Waals surface area contributed by atoms with Crippen LogP contribution in [-0.4, -0.2) is 0 Å². The zero-order valence-corrected chi connectivity index (χ0v) is 20.7. The van der Waals surface area contributed by atoms with Crippen molar-refractivity contribution in [2.24, 2.45) is 0 Å². The number of anilines is 1. The van der Waals surface area contributed by atoms with Gasteiger partial charge in [0, 0.05) is 38.7 Å². The Morgan fingerprint density at radius 2 is 1.20 bits per heavy atom. The molecule has 0 aliphatic heterocycles. The normalized spacial score (nSPS) is 31.1. The molecule has 4 rings (SSSR count). The van der Waals surface area contributed by atoms with Crippen LogP contribution >= 0.6 is 0 Å². The van der Waals surface area contributed by atoms with E-state index in [1.165, 1.54) is 12.1 Å². The molecule has 1 aliphatic carbocycles. The van der Waals surface area contributed by atoms with E-state index in [9.17, 15) is 4.11 Å². The van der Waals surface area contributed by atoms with Crippen LogP contribution in [-0.2, 0) is 21.7 Å². The van der Waals surface area contributed by atoms with Gasteiger partial charge >= 0.3 is 0 Å². The topological polar surface area (TPSA) is 26.0 Å². The molecule has 186 valence electrons. The van der Waals surface area contributed by atoms with Gasteiger partial charge in [0.1, 0.15) is 0 Å². The summed E-state index contributed by atoms with van der Waals surface area (Å²) in [6, 6.07) is -3.43. The molecule has 2 N–H and O–H groups in total. The summed E-state index contributed by atoms with van der Waals surface area (Å²) in [7, 11) is 0. The third-order valence-electron chi connectivity index (χ3n) is 5.96. The second-order valence-corrected chi connectivity index (χ2v) is 11.0. The van der Waals surface area contributed by atoms with Crippen LogP contribution in [0.4, 0.5) is 5.69 Å². The van der Waals surface area contributed by atoms with Gasteiger partial charge in [-0.15, -0.1) is 0 Å². The highest BCUT2D eigenvalue weighted by Crippen LogP contribution is 2.48. The molecule has 35 heavy (non-hydrogen) atoms. The molecule has 0 radical (unpaired) electrons. The van der Waals surface area contributed by atoms with E-state index < -0.39 is 132 Å². The summed E-state index contributed by atoms with van der Waals surface area (Å²) in [5.74, 6) is 0. The highest BCUT2D eigenvalue weighted by Gasteiger charge is 2.37. The van der Waals surface area contributed by atoms with Gasteiger partial charge < -0.3 is 5.73 Å². The zero-order chi connectivity index (χ0) is 45.7. The Bertz CT molecular complexity index is 2130. The van der Waals surface area contributed by atoms with E-state index >= 15 is 0 Å². The van der Waals surface area contributed by atoms with Crippen LogP contribution < -0.4 is 5.73 Å². The van der Waals surface area contributed by atoms with Crippen LogP contribution in [0.15, 0.2) is 54.4 Å². The Hall–Kier alpha value is -2.54. The molecule has 0 spiro atoms. The fourth-order valence-electron chi connectivity index (χ4n) is 3.74. The first kappa shape index (κ1) is 9.40. The molecule has 0 aromatic heterocycles. The minimum absolute atomic E-state index is 0.0687. The Kier molecular flexibility index (Phi) is 2.22. The number of rotatable bonds is 2. The Morgan fingerprint density at radius 1 is 0.714 bits per heavy atom. The van der Waals surface area contributed by atoms with Crippen molar-refractivity contribution >= 4 is 5.69 Å². The molecule has 1 aliphatic rings. The molecule has 0 saturated carbocycles. The lowest BCUT2D eigenvalue weighted by Crippen LogP contribution is -2.33. The first-order chi connectivity index (χ1) is 25.5. The Morgan fingerprint density at radius 3 is 1.71 bits per heavy atom. The summed E-state index contributed by atoms with van der Waals surface area (Å²) < 4.78 is 202. The summed E-state index contributed by atoms with van der Waals surface area (Å²) in [5, 5.41) is 0. The first-order valence-electron chi connectivity index (χ1n) is 22.7. The standard InChI is InChI=1S/C34H45N/c1-31(2,3)24-14-11-22(12-15-24)26-20-25(32(4,5)6)21-27(30(26)35)23-13-16-28-29(19-23)34(9,10)18-17-33(28,7)8/h11-16,19-21H,17-18,35H2,1-10H3/i7D3,8D3,9D3,10D3,11D,12D,13D,14D,15D,16D,17D2,18D2,19D. The summed E-state index contributed by atoms with van der Waals surface area (Å²) in [6.45, 7) is -6.77. The molecule has 0 amide bonds. The monoisotopic (exact) mass is 490 g/mol. The van der Waals surface area contributed by atoms with Crippen LogP contribution in [0.2, 0.25) is 0 Å². The molecular weight excluding hydrogens is 422 g/mol. The average molecular weight is 491 g/mol. The summed E-state index contributed by atoms with van der Waals surface area (Å²) in [5.41, 5.74) is -8.93. The number of fused-ring (bicyclic) bond motifs is 1. The van der Waals surface area contributed by atoms with Crippen molar-refractivity contribution in [2.75, 3.05) is 5.73 Å². The van der Waals surface area contributed by atoms with Gasteiger partial charge in [-0.3, -0.25) is 0 Å². The maximum absolute atomic E-state index is 9.61. The third-order valence-corrected chi connectivity index (χ3v) is 5.96. The van der Waals surface area contributed by atoms with Crippen LogP contribution in [0.25, 0.3) is 22.3 Å². The maximum atomic E-state index is 9.61. The van der Waals surface area contributed by atoms with Crippen molar-refractivity contribution in [1.29, 1.82) is 0 Å². The lowest BCUT2D eigenvalue weighted by atomic mass is 9.63. The van der Waals surface area contributed by atoms with Gasteiger partial charge in [0.2, 0.25) is 0 Å². The molecule has 0 unspecified atom stereocenters. The van der Waals surface area contributed by atoms with Gasteiger partial charge in [-0.2, -0.15) is 0 Å². The minimum atomic E-state index is -4.51. The van der Waals surface area contributed by atoms with Gasteiger partial charge in [0.25, 0.3) is 0 Å². The lowest BCUT2D eigenvalue weighted by Gasteiger charge is -2.42. The van der Waals surface area contributed by atoms with Crippen LogP contribution in [0.5, 0.6) is 0 Å². The molecule has 1 nitrogen and oxygen atoms in total. The van der Waals surface area contributed by atoms with Gasteiger partial charge in [-0.05, 0) is 79.9 Å². The van der Waals surface area contributed by atoms with E-state index in [4.69, 9.17) is 33.1 Å². The van der Waals surface area contributed by atoms with Crippen molar-refractivity contribution in [3.63, 3.8) is 0 Å². The summed E-state index contributed by atoms with van der Waals surface area (Å²) in [6.07, 6.45) is -9.00. The molecule has 3 aromatic rings.